The molecular formula is C7H14O6. The lowest BCUT2D eigenvalue weighted by atomic mass is 10.0. The van der Waals surface area contributed by atoms with E-state index in [0.29, 0.717) is 0 Å². The van der Waals surface area contributed by atoms with Crippen LogP contribution in [0.25, 0.3) is 0 Å². The second kappa shape index (κ2) is 6.01. The van der Waals surface area contributed by atoms with Gasteiger partial charge in [-0.05, 0) is 0 Å². The minimum Gasteiger partial charge on any atom is -0.394 e. The molecule has 0 unspecified atom stereocenters. The van der Waals surface area contributed by atoms with E-state index in [-0.39, 0.29) is 12.7 Å². The molecule has 0 fully saturated rings. The Hall–Kier alpha value is -0.530. The Morgan fingerprint density at radius 3 is 2.00 bits per heavy atom. The van der Waals surface area contributed by atoms with Crippen molar-refractivity contribution in [2.24, 2.45) is 0 Å². The molecule has 6 nitrogen and oxygen atoms in total. The van der Waals surface area contributed by atoms with E-state index in [0.717, 1.165) is 0 Å². The van der Waals surface area contributed by atoms with E-state index < -0.39 is 31.0 Å². The molecule has 0 rings (SSSR count). The first kappa shape index (κ1) is 12.5. The van der Waals surface area contributed by atoms with Crippen LogP contribution in [0.3, 0.4) is 0 Å². The van der Waals surface area contributed by atoms with Crippen LogP contribution in [0.2, 0.25) is 0 Å². The van der Waals surface area contributed by atoms with E-state index in [4.69, 9.17) is 25.5 Å². The average molecular weight is 194 g/mol. The fraction of sp³-hybridized carbons (Fsp3) is 0.857. The highest BCUT2D eigenvalue weighted by atomic mass is 16.4. The Morgan fingerprint density at radius 1 is 1.08 bits per heavy atom. The topological polar surface area (TPSA) is 118 Å². The number of aldehydes is 1. The molecule has 0 aliphatic heterocycles. The zero-order chi connectivity index (χ0) is 10.4. The molecule has 5 N–H and O–H groups in total. The summed E-state index contributed by atoms with van der Waals surface area (Å²) in [5, 5.41) is 44.1. The van der Waals surface area contributed by atoms with Gasteiger partial charge in [-0.15, -0.1) is 0 Å². The molecular weight excluding hydrogens is 180 g/mol. The molecule has 78 valence electrons. The van der Waals surface area contributed by atoms with Gasteiger partial charge in [0.2, 0.25) is 0 Å². The van der Waals surface area contributed by atoms with Crippen LogP contribution < -0.4 is 0 Å². The second-order valence-corrected chi connectivity index (χ2v) is 2.75. The van der Waals surface area contributed by atoms with Gasteiger partial charge in [0.25, 0.3) is 0 Å². The molecule has 0 aromatic heterocycles. The van der Waals surface area contributed by atoms with Crippen LogP contribution in [-0.4, -0.2) is 62.8 Å². The Labute approximate surface area is 75.1 Å². The summed E-state index contributed by atoms with van der Waals surface area (Å²) in [6, 6.07) is 0. The minimum atomic E-state index is -1.57. The van der Waals surface area contributed by atoms with Gasteiger partial charge in [0.1, 0.15) is 24.6 Å². The van der Waals surface area contributed by atoms with Crippen molar-refractivity contribution in [1.82, 2.24) is 0 Å². The van der Waals surface area contributed by atoms with Gasteiger partial charge in [0.15, 0.2) is 0 Å². The fourth-order valence-electron chi connectivity index (χ4n) is 0.807. The third kappa shape index (κ3) is 4.30. The molecule has 13 heavy (non-hydrogen) atoms. The van der Waals surface area contributed by atoms with E-state index in [1.807, 2.05) is 0 Å². The highest BCUT2D eigenvalue weighted by Crippen LogP contribution is 2.05. The molecule has 0 spiro atoms. The molecule has 0 amide bonds. The highest BCUT2D eigenvalue weighted by molar-refractivity contribution is 5.55. The first-order valence-corrected chi connectivity index (χ1v) is 3.81. The molecule has 0 bridgehead atoms. The van der Waals surface area contributed by atoms with Crippen molar-refractivity contribution in [3.8, 4) is 0 Å². The van der Waals surface area contributed by atoms with Crippen molar-refractivity contribution in [2.75, 3.05) is 6.61 Å². The summed E-state index contributed by atoms with van der Waals surface area (Å²) in [6.45, 7) is -0.699. The van der Waals surface area contributed by atoms with Crippen molar-refractivity contribution < 1.29 is 30.3 Å². The lowest BCUT2D eigenvalue weighted by Gasteiger charge is -2.21. The molecule has 4 atom stereocenters. The Morgan fingerprint density at radius 2 is 1.62 bits per heavy atom. The average Bonchev–Trinajstić information content (AvgIpc) is 2.14. The molecule has 0 aliphatic carbocycles. The Balaban J connectivity index is 3.94. The first-order chi connectivity index (χ1) is 6.02. The molecule has 0 aromatic rings. The third-order valence-electron chi connectivity index (χ3n) is 1.62. The number of rotatable bonds is 6. The smallest absolute Gasteiger partial charge is 0.148 e. The van der Waals surface area contributed by atoms with Gasteiger partial charge in [0, 0.05) is 6.42 Å². The highest BCUT2D eigenvalue weighted by Gasteiger charge is 2.25. The van der Waals surface area contributed by atoms with Crippen molar-refractivity contribution in [3.63, 3.8) is 0 Å². The molecule has 0 saturated carbocycles. The Kier molecular flexibility index (Phi) is 5.76. The van der Waals surface area contributed by atoms with E-state index in [9.17, 15) is 4.79 Å². The van der Waals surface area contributed by atoms with E-state index in [1.165, 1.54) is 0 Å². The molecule has 0 aliphatic rings. The fourth-order valence-corrected chi connectivity index (χ4v) is 0.807. The van der Waals surface area contributed by atoms with Gasteiger partial charge in [0.05, 0.1) is 12.7 Å². The molecule has 0 radical (unpaired) electrons. The number of hydrogen-bond donors (Lipinski definition) is 5. The van der Waals surface area contributed by atoms with Crippen molar-refractivity contribution >= 4 is 6.29 Å². The summed E-state index contributed by atoms with van der Waals surface area (Å²) < 4.78 is 0. The summed E-state index contributed by atoms with van der Waals surface area (Å²) in [5.74, 6) is 0. The SMILES string of the molecule is O=C[C@H](O)C[C@@H](O)[C@@H](O)[C@H](O)CO. The second-order valence-electron chi connectivity index (χ2n) is 2.75. The van der Waals surface area contributed by atoms with E-state index in [1.54, 1.807) is 0 Å². The van der Waals surface area contributed by atoms with Crippen LogP contribution in [-0.2, 0) is 4.79 Å². The maximum absolute atomic E-state index is 9.95. The number of carbonyl (C=O) groups excluding carboxylic acids is 1. The summed E-state index contributed by atoms with van der Waals surface area (Å²) in [4.78, 5) is 9.95. The number of aliphatic hydroxyl groups excluding tert-OH is 5. The zero-order valence-corrected chi connectivity index (χ0v) is 6.95. The maximum Gasteiger partial charge on any atom is 0.148 e. The quantitative estimate of drug-likeness (QED) is 0.288. The Bertz CT molecular complexity index is 150. The third-order valence-corrected chi connectivity index (χ3v) is 1.62. The van der Waals surface area contributed by atoms with Gasteiger partial charge in [-0.1, -0.05) is 0 Å². The van der Waals surface area contributed by atoms with Crippen molar-refractivity contribution in [2.45, 2.75) is 30.8 Å². The molecule has 0 heterocycles. The van der Waals surface area contributed by atoms with Crippen LogP contribution in [0.5, 0.6) is 0 Å². The standard InChI is InChI=1S/C7H14O6/c8-2-4(10)1-5(11)7(13)6(12)3-9/h2,4-7,9-13H,1,3H2/t4-,5-,6-,7-/m1/s1. The number of aliphatic hydroxyl groups is 5. The zero-order valence-electron chi connectivity index (χ0n) is 6.95. The van der Waals surface area contributed by atoms with E-state index >= 15 is 0 Å². The first-order valence-electron chi connectivity index (χ1n) is 3.81. The van der Waals surface area contributed by atoms with Crippen LogP contribution in [0.4, 0.5) is 0 Å². The normalized spacial score (nSPS) is 20.4. The maximum atomic E-state index is 9.95. The summed E-state index contributed by atoms with van der Waals surface area (Å²) >= 11 is 0. The summed E-state index contributed by atoms with van der Waals surface area (Å²) in [6.07, 6.45) is -6.03. The molecule has 0 aromatic carbocycles. The number of hydrogen-bond acceptors (Lipinski definition) is 6. The van der Waals surface area contributed by atoms with E-state index in [2.05, 4.69) is 0 Å². The van der Waals surface area contributed by atoms with Crippen molar-refractivity contribution in [3.05, 3.63) is 0 Å². The van der Waals surface area contributed by atoms with Crippen LogP contribution in [0, 0.1) is 0 Å². The van der Waals surface area contributed by atoms with Crippen LogP contribution >= 0.6 is 0 Å². The summed E-state index contributed by atoms with van der Waals surface area (Å²) in [5.41, 5.74) is 0. The largest absolute Gasteiger partial charge is 0.394 e. The van der Waals surface area contributed by atoms with Gasteiger partial charge < -0.3 is 30.3 Å². The van der Waals surface area contributed by atoms with Gasteiger partial charge in [-0.25, -0.2) is 0 Å². The van der Waals surface area contributed by atoms with Gasteiger partial charge >= 0.3 is 0 Å². The predicted molar refractivity (Wildman–Crippen MR) is 41.8 cm³/mol. The lowest BCUT2D eigenvalue weighted by Crippen LogP contribution is -2.41. The predicted octanol–water partition coefficient (Wildman–Crippen LogP) is -2.99. The minimum absolute atomic E-state index is 0.210. The molecule has 0 saturated heterocycles. The number of carbonyl (C=O) groups is 1. The monoisotopic (exact) mass is 194 g/mol. The van der Waals surface area contributed by atoms with Gasteiger partial charge in [-0.2, -0.15) is 0 Å². The van der Waals surface area contributed by atoms with Crippen LogP contribution in [0.15, 0.2) is 0 Å². The lowest BCUT2D eigenvalue weighted by molar-refractivity contribution is -0.120. The van der Waals surface area contributed by atoms with Crippen molar-refractivity contribution in [1.29, 1.82) is 0 Å². The van der Waals surface area contributed by atoms with Gasteiger partial charge in [-0.3, -0.25) is 0 Å². The summed E-state index contributed by atoms with van der Waals surface area (Å²) in [7, 11) is 0. The van der Waals surface area contributed by atoms with Crippen LogP contribution in [0.1, 0.15) is 6.42 Å². The molecule has 6 heteroatoms.